The Hall–Kier alpha value is -3.61. The van der Waals surface area contributed by atoms with E-state index in [1.165, 1.54) is 7.11 Å². The smallest absolute Gasteiger partial charge is 0.347 e. The monoisotopic (exact) mass is 410 g/mol. The van der Waals surface area contributed by atoms with Crippen molar-refractivity contribution in [3.05, 3.63) is 69.1 Å². The van der Waals surface area contributed by atoms with Gasteiger partial charge in [0.2, 0.25) is 0 Å². The Morgan fingerprint density at radius 1 is 1.00 bits per heavy atom. The Morgan fingerprint density at radius 2 is 1.73 bits per heavy atom. The van der Waals surface area contributed by atoms with Crippen LogP contribution < -0.4 is 15.1 Å². The van der Waals surface area contributed by atoms with Crippen LogP contribution in [0.3, 0.4) is 0 Å². The largest absolute Gasteiger partial charge is 0.493 e. The van der Waals surface area contributed by atoms with E-state index in [0.717, 1.165) is 0 Å². The fourth-order valence-corrected chi connectivity index (χ4v) is 3.17. The fourth-order valence-electron chi connectivity index (χ4n) is 3.17. The molecule has 0 unspecified atom stereocenters. The first kappa shape index (κ1) is 21.1. The van der Waals surface area contributed by atoms with Crippen LogP contribution in [0.15, 0.2) is 45.6 Å². The number of benzene rings is 2. The maximum absolute atomic E-state index is 12.7. The number of carbonyl (C=O) groups excluding carboxylic acids is 2. The second kappa shape index (κ2) is 8.82. The first-order valence-corrected chi connectivity index (χ1v) is 9.44. The lowest BCUT2D eigenvalue weighted by Gasteiger charge is -2.13. The van der Waals surface area contributed by atoms with Crippen LogP contribution in [-0.2, 0) is 16.0 Å². The minimum absolute atomic E-state index is 0.176. The fraction of sp³-hybridized carbons (Fsp3) is 0.261. The van der Waals surface area contributed by atoms with E-state index in [0.29, 0.717) is 40.0 Å². The highest BCUT2D eigenvalue weighted by atomic mass is 16.5. The van der Waals surface area contributed by atoms with Gasteiger partial charge in [-0.05, 0) is 50.6 Å². The number of carbonyl (C=O) groups is 2. The molecule has 156 valence electrons. The number of fused-ring (bicyclic) bond motifs is 1. The lowest BCUT2D eigenvalue weighted by atomic mass is 10.0. The first-order chi connectivity index (χ1) is 14.4. The number of aryl methyl sites for hydroxylation is 2. The van der Waals surface area contributed by atoms with E-state index < -0.39 is 17.6 Å². The van der Waals surface area contributed by atoms with E-state index in [9.17, 15) is 14.4 Å². The number of hydrogen-bond donors (Lipinski definition) is 0. The molecule has 0 aliphatic heterocycles. The van der Waals surface area contributed by atoms with E-state index in [2.05, 4.69) is 4.74 Å². The van der Waals surface area contributed by atoms with Crippen molar-refractivity contribution in [1.29, 1.82) is 0 Å². The van der Waals surface area contributed by atoms with E-state index in [-0.39, 0.29) is 17.7 Å². The third-order valence-electron chi connectivity index (χ3n) is 4.81. The molecule has 7 heteroatoms. The molecule has 1 aromatic heterocycles. The van der Waals surface area contributed by atoms with Crippen LogP contribution in [0.4, 0.5) is 0 Å². The van der Waals surface area contributed by atoms with Gasteiger partial charge in [-0.15, -0.1) is 0 Å². The van der Waals surface area contributed by atoms with Crippen molar-refractivity contribution in [1.82, 2.24) is 0 Å². The molecular formula is C23H22O7. The van der Waals surface area contributed by atoms with Crippen LogP contribution in [0.1, 0.15) is 34.0 Å². The number of para-hydroxylation sites is 1. The molecule has 0 bridgehead atoms. The summed E-state index contributed by atoms with van der Waals surface area (Å²) in [4.78, 5) is 36.7. The van der Waals surface area contributed by atoms with E-state index >= 15 is 0 Å². The van der Waals surface area contributed by atoms with Crippen molar-refractivity contribution in [3.8, 4) is 11.5 Å². The van der Waals surface area contributed by atoms with Gasteiger partial charge in [-0.3, -0.25) is 4.79 Å². The van der Waals surface area contributed by atoms with Crippen molar-refractivity contribution in [3.63, 3.8) is 0 Å². The van der Waals surface area contributed by atoms with Crippen molar-refractivity contribution in [2.24, 2.45) is 0 Å². The Kier molecular flexibility index (Phi) is 6.20. The molecule has 0 spiro atoms. The van der Waals surface area contributed by atoms with Gasteiger partial charge in [0.1, 0.15) is 22.6 Å². The molecular weight excluding hydrogens is 388 g/mol. The van der Waals surface area contributed by atoms with Crippen molar-refractivity contribution in [2.75, 3.05) is 13.7 Å². The highest BCUT2D eigenvalue weighted by Crippen LogP contribution is 2.31. The maximum Gasteiger partial charge on any atom is 0.347 e. The lowest BCUT2D eigenvalue weighted by molar-refractivity contribution is -0.139. The molecule has 30 heavy (non-hydrogen) atoms. The highest BCUT2D eigenvalue weighted by molar-refractivity contribution is 5.95. The van der Waals surface area contributed by atoms with Gasteiger partial charge in [-0.25, -0.2) is 9.59 Å². The first-order valence-electron chi connectivity index (χ1n) is 9.44. The molecule has 0 aliphatic carbocycles. The Balaban J connectivity index is 2.00. The number of ether oxygens (including phenoxy) is 3. The molecule has 3 aromatic rings. The second-order valence-electron chi connectivity index (χ2n) is 6.63. The number of hydrogen-bond acceptors (Lipinski definition) is 7. The lowest BCUT2D eigenvalue weighted by Crippen LogP contribution is -2.16. The molecule has 3 rings (SSSR count). The second-order valence-corrected chi connectivity index (χ2v) is 6.63. The number of methoxy groups -OCH3 is 1. The van der Waals surface area contributed by atoms with Crippen LogP contribution in [0.2, 0.25) is 0 Å². The zero-order chi connectivity index (χ0) is 21.8. The minimum Gasteiger partial charge on any atom is -0.493 e. The van der Waals surface area contributed by atoms with Crippen molar-refractivity contribution >= 4 is 22.9 Å². The summed E-state index contributed by atoms with van der Waals surface area (Å²) < 4.78 is 21.2. The SMILES string of the molecule is CCOc1ccccc1C(=O)Oc1ccc2c(C)c(CC(=O)OC)c(=O)oc2c1C. The predicted molar refractivity (Wildman–Crippen MR) is 110 cm³/mol. The molecule has 0 fully saturated rings. The summed E-state index contributed by atoms with van der Waals surface area (Å²) >= 11 is 0. The highest BCUT2D eigenvalue weighted by Gasteiger charge is 2.20. The molecule has 0 amide bonds. The van der Waals surface area contributed by atoms with Crippen LogP contribution in [0, 0.1) is 13.8 Å². The molecule has 1 heterocycles. The summed E-state index contributed by atoms with van der Waals surface area (Å²) in [6.45, 7) is 5.68. The molecule has 0 aliphatic rings. The van der Waals surface area contributed by atoms with Gasteiger partial charge in [0.25, 0.3) is 0 Å². The molecule has 7 nitrogen and oxygen atoms in total. The van der Waals surface area contributed by atoms with Gasteiger partial charge in [0.15, 0.2) is 0 Å². The van der Waals surface area contributed by atoms with Gasteiger partial charge in [0, 0.05) is 10.9 Å². The third kappa shape index (κ3) is 4.05. The minimum atomic E-state index is -0.626. The van der Waals surface area contributed by atoms with Crippen LogP contribution in [-0.4, -0.2) is 25.7 Å². The maximum atomic E-state index is 12.7. The summed E-state index contributed by atoms with van der Waals surface area (Å²) in [5.74, 6) is -0.414. The average molecular weight is 410 g/mol. The van der Waals surface area contributed by atoms with Gasteiger partial charge in [-0.2, -0.15) is 0 Å². The quantitative estimate of drug-likeness (QED) is 0.347. The Morgan fingerprint density at radius 3 is 2.43 bits per heavy atom. The topological polar surface area (TPSA) is 92.0 Å². The zero-order valence-corrected chi connectivity index (χ0v) is 17.2. The van der Waals surface area contributed by atoms with Crippen LogP contribution >= 0.6 is 0 Å². The summed E-state index contributed by atoms with van der Waals surface area (Å²) in [7, 11) is 1.26. The molecule has 0 atom stereocenters. The summed E-state index contributed by atoms with van der Waals surface area (Å²) in [6, 6.07) is 10.1. The molecule has 0 saturated heterocycles. The van der Waals surface area contributed by atoms with E-state index in [4.69, 9.17) is 13.9 Å². The molecule has 0 radical (unpaired) electrons. The van der Waals surface area contributed by atoms with E-state index in [1.807, 2.05) is 6.92 Å². The number of esters is 2. The Labute approximate surface area is 173 Å². The van der Waals surface area contributed by atoms with Gasteiger partial charge >= 0.3 is 17.6 Å². The molecule has 0 N–H and O–H groups in total. The third-order valence-corrected chi connectivity index (χ3v) is 4.81. The van der Waals surface area contributed by atoms with Crippen LogP contribution in [0.5, 0.6) is 11.5 Å². The normalized spacial score (nSPS) is 10.7. The van der Waals surface area contributed by atoms with Gasteiger partial charge in [0.05, 0.1) is 25.7 Å². The standard InChI is InChI=1S/C23H22O7/c1-5-28-19-9-7-6-8-16(19)22(25)29-18-11-10-15-13(2)17(12-20(24)27-4)23(26)30-21(15)14(18)3/h6-11H,5,12H2,1-4H3. The molecule has 2 aromatic carbocycles. The zero-order valence-electron chi connectivity index (χ0n) is 17.2. The van der Waals surface area contributed by atoms with Gasteiger partial charge in [-0.1, -0.05) is 12.1 Å². The van der Waals surface area contributed by atoms with Crippen molar-refractivity contribution in [2.45, 2.75) is 27.2 Å². The van der Waals surface area contributed by atoms with Gasteiger partial charge < -0.3 is 18.6 Å². The summed E-state index contributed by atoms with van der Waals surface area (Å²) in [6.07, 6.45) is -0.176. The summed E-state index contributed by atoms with van der Waals surface area (Å²) in [5.41, 5.74) is 1.33. The predicted octanol–water partition coefficient (Wildman–Crippen LogP) is 3.74. The van der Waals surface area contributed by atoms with Crippen LogP contribution in [0.25, 0.3) is 11.0 Å². The average Bonchev–Trinajstić information content (AvgIpc) is 2.74. The Bertz CT molecular complexity index is 1170. The summed E-state index contributed by atoms with van der Waals surface area (Å²) in [5, 5.41) is 0.653. The van der Waals surface area contributed by atoms with E-state index in [1.54, 1.807) is 50.2 Å². The van der Waals surface area contributed by atoms with Crippen molar-refractivity contribution < 1.29 is 28.2 Å². The number of rotatable bonds is 6. The molecule has 0 saturated carbocycles.